The molecule has 0 saturated heterocycles. The van der Waals surface area contributed by atoms with Crippen LogP contribution in [0, 0.1) is 0 Å². The maximum atomic E-state index is 10.4. The molecular weight excluding hydrogens is 112 g/mol. The molecule has 0 heterocycles. The lowest BCUT2D eigenvalue weighted by Gasteiger charge is -1.91. The molecule has 1 radical (unpaired) electrons. The number of hydrogen-bond donors (Lipinski definition) is 0. The highest BCUT2D eigenvalue weighted by Gasteiger charge is 1.89. The summed E-state index contributed by atoms with van der Waals surface area (Å²) in [6.07, 6.45) is 6.57. The summed E-state index contributed by atoms with van der Waals surface area (Å²) >= 11 is 0. The van der Waals surface area contributed by atoms with Crippen molar-refractivity contribution < 1.29 is 5.11 Å². The van der Waals surface area contributed by atoms with Gasteiger partial charge in [-0.15, -0.1) is 0 Å². The smallest absolute Gasteiger partial charge is 0.0936 e. The van der Waals surface area contributed by atoms with Crippen molar-refractivity contribution in [3.8, 4) is 0 Å². The second-order valence-corrected chi connectivity index (χ2v) is 2.31. The van der Waals surface area contributed by atoms with Crippen LogP contribution >= 0.6 is 0 Å². The Morgan fingerprint density at radius 2 is 2.11 bits per heavy atom. The summed E-state index contributed by atoms with van der Waals surface area (Å²) in [6.45, 7) is 3.82. The van der Waals surface area contributed by atoms with Crippen LogP contribution < -0.4 is 0 Å². The van der Waals surface area contributed by atoms with Crippen molar-refractivity contribution in [1.82, 2.24) is 0 Å². The first-order chi connectivity index (χ1) is 4.27. The van der Waals surface area contributed by atoms with Gasteiger partial charge in [-0.25, -0.2) is 5.11 Å². The van der Waals surface area contributed by atoms with Gasteiger partial charge in [0.25, 0.3) is 0 Å². The van der Waals surface area contributed by atoms with Crippen LogP contribution in [0.5, 0.6) is 0 Å². The molecule has 0 fully saturated rings. The van der Waals surface area contributed by atoms with Gasteiger partial charge in [-0.3, -0.25) is 0 Å². The Bertz CT molecular complexity index is 74.6. The molecule has 1 nitrogen and oxygen atoms in total. The SMILES string of the molecule is CCCC=CCC(C)[O]. The second kappa shape index (κ2) is 5.83. The first kappa shape index (κ1) is 8.70. The van der Waals surface area contributed by atoms with Crippen LogP contribution in [0.3, 0.4) is 0 Å². The number of rotatable bonds is 4. The fourth-order valence-corrected chi connectivity index (χ4v) is 0.572. The number of unbranched alkanes of at least 4 members (excludes halogenated alkanes) is 1. The molecule has 0 aliphatic heterocycles. The van der Waals surface area contributed by atoms with E-state index < -0.39 is 6.10 Å². The van der Waals surface area contributed by atoms with Crippen LogP contribution in [-0.4, -0.2) is 6.10 Å². The van der Waals surface area contributed by atoms with Gasteiger partial charge in [-0.05, 0) is 19.8 Å². The van der Waals surface area contributed by atoms with Crippen molar-refractivity contribution >= 4 is 0 Å². The molecule has 0 aromatic carbocycles. The molecule has 9 heavy (non-hydrogen) atoms. The molecule has 0 saturated carbocycles. The van der Waals surface area contributed by atoms with E-state index in [1.807, 2.05) is 6.08 Å². The average Bonchev–Trinajstić information content (AvgIpc) is 1.80. The first-order valence-electron chi connectivity index (χ1n) is 3.58. The maximum Gasteiger partial charge on any atom is 0.0936 e. The van der Waals surface area contributed by atoms with Gasteiger partial charge in [0.2, 0.25) is 0 Å². The molecule has 0 aromatic rings. The Kier molecular flexibility index (Phi) is 5.64. The summed E-state index contributed by atoms with van der Waals surface area (Å²) in [5.74, 6) is 0. The van der Waals surface area contributed by atoms with Gasteiger partial charge in [0.05, 0.1) is 6.10 Å². The highest BCUT2D eigenvalue weighted by atomic mass is 16.3. The zero-order valence-corrected chi connectivity index (χ0v) is 6.26. The van der Waals surface area contributed by atoms with Crippen LogP contribution in [0.1, 0.15) is 33.1 Å². The van der Waals surface area contributed by atoms with E-state index in [1.165, 1.54) is 6.42 Å². The van der Waals surface area contributed by atoms with Crippen LogP contribution in [0.2, 0.25) is 0 Å². The van der Waals surface area contributed by atoms with Gasteiger partial charge in [0.1, 0.15) is 0 Å². The van der Waals surface area contributed by atoms with E-state index in [-0.39, 0.29) is 0 Å². The number of hydrogen-bond acceptors (Lipinski definition) is 0. The Morgan fingerprint density at radius 3 is 2.56 bits per heavy atom. The van der Waals surface area contributed by atoms with Gasteiger partial charge in [-0.2, -0.15) is 0 Å². The van der Waals surface area contributed by atoms with Crippen molar-refractivity contribution in [3.63, 3.8) is 0 Å². The summed E-state index contributed by atoms with van der Waals surface area (Å²) in [7, 11) is 0. The summed E-state index contributed by atoms with van der Waals surface area (Å²) in [4.78, 5) is 0. The minimum Gasteiger partial charge on any atom is -0.233 e. The minimum absolute atomic E-state index is 0.432. The Balaban J connectivity index is 3.04. The van der Waals surface area contributed by atoms with E-state index >= 15 is 0 Å². The van der Waals surface area contributed by atoms with Crippen LogP contribution in [0.25, 0.3) is 0 Å². The topological polar surface area (TPSA) is 19.9 Å². The lowest BCUT2D eigenvalue weighted by molar-refractivity contribution is 0.108. The molecular formula is C8H15O. The van der Waals surface area contributed by atoms with Crippen LogP contribution in [-0.2, 0) is 5.11 Å². The number of allylic oxidation sites excluding steroid dienone is 1. The standard InChI is InChI=1S/C8H15O/c1-3-4-5-6-7-8(2)9/h5-6,8H,3-4,7H2,1-2H3. The van der Waals surface area contributed by atoms with Crippen molar-refractivity contribution in [1.29, 1.82) is 0 Å². The largest absolute Gasteiger partial charge is 0.233 e. The van der Waals surface area contributed by atoms with E-state index in [0.717, 1.165) is 6.42 Å². The highest BCUT2D eigenvalue weighted by molar-refractivity contribution is 4.82. The maximum absolute atomic E-state index is 10.4. The zero-order chi connectivity index (χ0) is 7.11. The molecule has 0 spiro atoms. The van der Waals surface area contributed by atoms with Crippen molar-refractivity contribution in [3.05, 3.63) is 12.2 Å². The van der Waals surface area contributed by atoms with Crippen molar-refractivity contribution in [2.75, 3.05) is 0 Å². The predicted molar refractivity (Wildman–Crippen MR) is 38.8 cm³/mol. The molecule has 0 bridgehead atoms. The normalized spacial score (nSPS) is 14.6. The fourth-order valence-electron chi connectivity index (χ4n) is 0.572. The molecule has 0 aromatic heterocycles. The Hall–Kier alpha value is -0.300. The third kappa shape index (κ3) is 7.70. The van der Waals surface area contributed by atoms with Gasteiger partial charge in [0, 0.05) is 0 Å². The third-order valence-electron chi connectivity index (χ3n) is 1.09. The van der Waals surface area contributed by atoms with Crippen molar-refractivity contribution in [2.24, 2.45) is 0 Å². The molecule has 0 aliphatic carbocycles. The quantitative estimate of drug-likeness (QED) is 0.517. The minimum atomic E-state index is -0.432. The van der Waals surface area contributed by atoms with Gasteiger partial charge < -0.3 is 0 Å². The third-order valence-corrected chi connectivity index (χ3v) is 1.09. The predicted octanol–water partition coefficient (Wildman–Crippen LogP) is 2.55. The summed E-state index contributed by atoms with van der Waals surface area (Å²) in [5.41, 5.74) is 0. The molecule has 1 heteroatoms. The second-order valence-electron chi connectivity index (χ2n) is 2.31. The van der Waals surface area contributed by atoms with Crippen molar-refractivity contribution in [2.45, 2.75) is 39.2 Å². The fraction of sp³-hybridized carbons (Fsp3) is 0.750. The molecule has 0 rings (SSSR count). The molecule has 0 amide bonds. The monoisotopic (exact) mass is 127 g/mol. The molecule has 1 unspecified atom stereocenters. The molecule has 1 atom stereocenters. The lowest BCUT2D eigenvalue weighted by atomic mass is 10.2. The van der Waals surface area contributed by atoms with Gasteiger partial charge in [0.15, 0.2) is 0 Å². The Morgan fingerprint density at radius 1 is 1.44 bits per heavy atom. The average molecular weight is 127 g/mol. The van der Waals surface area contributed by atoms with E-state index in [9.17, 15) is 5.11 Å². The molecule has 0 N–H and O–H groups in total. The van der Waals surface area contributed by atoms with Crippen LogP contribution in [0.4, 0.5) is 0 Å². The van der Waals surface area contributed by atoms with E-state index in [0.29, 0.717) is 6.42 Å². The molecule has 0 aliphatic rings. The summed E-state index contributed by atoms with van der Waals surface area (Å²) in [5, 5.41) is 10.4. The summed E-state index contributed by atoms with van der Waals surface area (Å²) < 4.78 is 0. The molecule has 53 valence electrons. The highest BCUT2D eigenvalue weighted by Crippen LogP contribution is 1.94. The summed E-state index contributed by atoms with van der Waals surface area (Å²) in [6, 6.07) is 0. The van der Waals surface area contributed by atoms with E-state index in [1.54, 1.807) is 6.92 Å². The van der Waals surface area contributed by atoms with Gasteiger partial charge in [-0.1, -0.05) is 25.5 Å². The first-order valence-corrected chi connectivity index (χ1v) is 3.58. The Labute approximate surface area is 57.4 Å². The zero-order valence-electron chi connectivity index (χ0n) is 6.26. The lowest BCUT2D eigenvalue weighted by Crippen LogP contribution is -1.92. The van der Waals surface area contributed by atoms with E-state index in [2.05, 4.69) is 13.0 Å². The van der Waals surface area contributed by atoms with Crippen LogP contribution in [0.15, 0.2) is 12.2 Å². The van der Waals surface area contributed by atoms with Gasteiger partial charge >= 0.3 is 0 Å². The van der Waals surface area contributed by atoms with E-state index in [4.69, 9.17) is 0 Å².